The van der Waals surface area contributed by atoms with Crippen molar-refractivity contribution in [2.45, 2.75) is 25.0 Å². The molecule has 3 rings (SSSR count). The van der Waals surface area contributed by atoms with Crippen LogP contribution in [0.4, 0.5) is 0 Å². The molecule has 0 aromatic heterocycles. The van der Waals surface area contributed by atoms with Crippen LogP contribution in [0.5, 0.6) is 0 Å². The molecule has 2 bridgehead atoms. The number of hydrogen-bond acceptors (Lipinski definition) is 1. The zero-order valence-electron chi connectivity index (χ0n) is 5.99. The van der Waals surface area contributed by atoms with Gasteiger partial charge in [-0.2, -0.15) is 0 Å². The molecule has 10 heavy (non-hydrogen) atoms. The van der Waals surface area contributed by atoms with Crippen molar-refractivity contribution in [2.75, 3.05) is 0 Å². The van der Waals surface area contributed by atoms with Crippen molar-refractivity contribution in [3.8, 4) is 0 Å². The molecule has 3 aliphatic rings. The smallest absolute Gasteiger partial charge is 0.0878 e. The van der Waals surface area contributed by atoms with Gasteiger partial charge in [-0.1, -0.05) is 6.08 Å². The Hall–Kier alpha value is -0.300. The normalized spacial score (nSPS) is 62.2. The predicted molar refractivity (Wildman–Crippen MR) is 38.6 cm³/mol. The summed E-state index contributed by atoms with van der Waals surface area (Å²) in [5.74, 6) is 2.54. The van der Waals surface area contributed by atoms with Crippen LogP contribution in [0, 0.1) is 17.8 Å². The lowest BCUT2D eigenvalue weighted by Gasteiger charge is -2.13. The highest BCUT2D eigenvalue weighted by atomic mass is 16.6. The van der Waals surface area contributed by atoms with Gasteiger partial charge in [0.2, 0.25) is 0 Å². The molecule has 0 N–H and O–H groups in total. The van der Waals surface area contributed by atoms with Gasteiger partial charge in [-0.3, -0.25) is 0 Å². The van der Waals surface area contributed by atoms with E-state index in [1.165, 1.54) is 12.8 Å². The van der Waals surface area contributed by atoms with Gasteiger partial charge in [0.25, 0.3) is 0 Å². The van der Waals surface area contributed by atoms with E-state index in [-0.39, 0.29) is 0 Å². The summed E-state index contributed by atoms with van der Waals surface area (Å²) in [4.78, 5) is 0. The Morgan fingerprint density at radius 2 is 2.20 bits per heavy atom. The van der Waals surface area contributed by atoms with E-state index in [1.807, 2.05) is 0 Å². The van der Waals surface area contributed by atoms with Crippen LogP contribution >= 0.6 is 0 Å². The van der Waals surface area contributed by atoms with Gasteiger partial charge < -0.3 is 4.74 Å². The van der Waals surface area contributed by atoms with Gasteiger partial charge in [0, 0.05) is 0 Å². The Morgan fingerprint density at radius 1 is 1.30 bits per heavy atom. The summed E-state index contributed by atoms with van der Waals surface area (Å²) in [6, 6.07) is 0. The molecule has 1 unspecified atom stereocenters. The van der Waals surface area contributed by atoms with E-state index in [2.05, 4.69) is 12.7 Å². The summed E-state index contributed by atoms with van der Waals surface area (Å²) >= 11 is 0. The first-order valence-electron chi connectivity index (χ1n) is 4.18. The van der Waals surface area contributed by atoms with E-state index >= 15 is 0 Å². The van der Waals surface area contributed by atoms with Crippen LogP contribution in [0.1, 0.15) is 12.8 Å². The zero-order chi connectivity index (χ0) is 6.72. The fraction of sp³-hybridized carbons (Fsp3) is 0.778. The van der Waals surface area contributed by atoms with Crippen LogP contribution in [-0.4, -0.2) is 12.2 Å². The topological polar surface area (TPSA) is 12.5 Å². The van der Waals surface area contributed by atoms with Crippen molar-refractivity contribution >= 4 is 0 Å². The second-order valence-corrected chi connectivity index (χ2v) is 3.86. The van der Waals surface area contributed by atoms with Crippen LogP contribution in [-0.2, 0) is 4.74 Å². The van der Waals surface area contributed by atoms with Gasteiger partial charge in [-0.25, -0.2) is 0 Å². The standard InChI is InChI=1S/C9H12O/c1-2-5-3-6-4-7(5)9-8(6)10-9/h2,5-9H,1,3-4H2/t5?,6-,7-,8+,9-/m1/s1. The lowest BCUT2D eigenvalue weighted by molar-refractivity contribution is 0.258. The fourth-order valence-electron chi connectivity index (χ4n) is 2.92. The summed E-state index contributed by atoms with van der Waals surface area (Å²) in [7, 11) is 0. The average molecular weight is 136 g/mol. The number of epoxide rings is 1. The molecule has 1 heterocycles. The fourth-order valence-corrected chi connectivity index (χ4v) is 2.92. The maximum atomic E-state index is 5.52. The number of hydrogen-bond donors (Lipinski definition) is 0. The van der Waals surface area contributed by atoms with Crippen molar-refractivity contribution in [1.82, 2.24) is 0 Å². The Morgan fingerprint density at radius 3 is 2.80 bits per heavy atom. The van der Waals surface area contributed by atoms with Gasteiger partial charge >= 0.3 is 0 Å². The second kappa shape index (κ2) is 1.48. The Bertz CT molecular complexity index is 187. The maximum absolute atomic E-state index is 5.52. The molecule has 0 spiro atoms. The minimum Gasteiger partial charge on any atom is -0.369 e. The summed E-state index contributed by atoms with van der Waals surface area (Å²) < 4.78 is 5.52. The third-order valence-electron chi connectivity index (χ3n) is 3.45. The Kier molecular flexibility index (Phi) is 0.791. The Labute approximate surface area is 61.1 Å². The number of rotatable bonds is 1. The zero-order valence-corrected chi connectivity index (χ0v) is 5.99. The molecule has 0 aromatic rings. The first-order chi connectivity index (χ1) is 4.90. The van der Waals surface area contributed by atoms with E-state index in [0.29, 0.717) is 12.2 Å². The highest BCUT2D eigenvalue weighted by Crippen LogP contribution is 2.58. The predicted octanol–water partition coefficient (Wildman–Crippen LogP) is 1.60. The van der Waals surface area contributed by atoms with Gasteiger partial charge in [-0.05, 0) is 30.6 Å². The van der Waals surface area contributed by atoms with E-state index in [0.717, 1.165) is 17.8 Å². The van der Waals surface area contributed by atoms with Crippen molar-refractivity contribution in [2.24, 2.45) is 17.8 Å². The number of fused-ring (bicyclic) bond motifs is 5. The van der Waals surface area contributed by atoms with Crippen LogP contribution in [0.2, 0.25) is 0 Å². The number of ether oxygens (including phenoxy) is 1. The van der Waals surface area contributed by atoms with Crippen molar-refractivity contribution in [1.29, 1.82) is 0 Å². The lowest BCUT2D eigenvalue weighted by atomic mass is 9.89. The molecule has 1 nitrogen and oxygen atoms in total. The summed E-state index contributed by atoms with van der Waals surface area (Å²) in [5.41, 5.74) is 0. The lowest BCUT2D eigenvalue weighted by Crippen LogP contribution is -2.15. The van der Waals surface area contributed by atoms with Crippen LogP contribution in [0.15, 0.2) is 12.7 Å². The van der Waals surface area contributed by atoms with E-state index in [4.69, 9.17) is 4.74 Å². The SMILES string of the molecule is C=CC1C[C@@H]2C[C@H]1[C@H]1O[C@@H]21. The molecule has 1 saturated heterocycles. The van der Waals surface area contributed by atoms with E-state index in [9.17, 15) is 0 Å². The quantitative estimate of drug-likeness (QED) is 0.394. The molecular weight excluding hydrogens is 124 g/mol. The third-order valence-corrected chi connectivity index (χ3v) is 3.45. The monoisotopic (exact) mass is 136 g/mol. The molecule has 1 aliphatic heterocycles. The highest BCUT2D eigenvalue weighted by molar-refractivity contribution is 5.13. The molecule has 1 heteroatoms. The molecule has 2 saturated carbocycles. The van der Waals surface area contributed by atoms with Crippen LogP contribution in [0.3, 0.4) is 0 Å². The number of allylic oxidation sites excluding steroid dienone is 1. The Balaban J connectivity index is 1.91. The largest absolute Gasteiger partial charge is 0.369 e. The van der Waals surface area contributed by atoms with Crippen LogP contribution < -0.4 is 0 Å². The minimum absolute atomic E-state index is 0.654. The van der Waals surface area contributed by atoms with Crippen LogP contribution in [0.25, 0.3) is 0 Å². The summed E-state index contributed by atoms with van der Waals surface area (Å²) in [5, 5.41) is 0. The molecule has 3 fully saturated rings. The summed E-state index contributed by atoms with van der Waals surface area (Å²) in [6.07, 6.45) is 6.24. The maximum Gasteiger partial charge on any atom is 0.0878 e. The molecule has 5 atom stereocenters. The third kappa shape index (κ3) is 0.450. The van der Waals surface area contributed by atoms with Crippen molar-refractivity contribution in [3.05, 3.63) is 12.7 Å². The first kappa shape index (κ1) is 5.36. The van der Waals surface area contributed by atoms with Gasteiger partial charge in [-0.15, -0.1) is 6.58 Å². The molecule has 0 radical (unpaired) electrons. The molecular formula is C9H12O. The summed E-state index contributed by atoms with van der Waals surface area (Å²) in [6.45, 7) is 3.86. The highest BCUT2D eigenvalue weighted by Gasteiger charge is 2.62. The van der Waals surface area contributed by atoms with Gasteiger partial charge in [0.05, 0.1) is 12.2 Å². The van der Waals surface area contributed by atoms with Crippen molar-refractivity contribution < 1.29 is 4.74 Å². The minimum atomic E-state index is 0.654. The molecule has 54 valence electrons. The second-order valence-electron chi connectivity index (χ2n) is 3.86. The first-order valence-corrected chi connectivity index (χ1v) is 4.18. The van der Waals surface area contributed by atoms with Gasteiger partial charge in [0.15, 0.2) is 0 Å². The molecule has 0 amide bonds. The average Bonchev–Trinajstić information content (AvgIpc) is 2.58. The van der Waals surface area contributed by atoms with E-state index < -0.39 is 0 Å². The molecule has 2 aliphatic carbocycles. The van der Waals surface area contributed by atoms with Crippen molar-refractivity contribution in [3.63, 3.8) is 0 Å². The van der Waals surface area contributed by atoms with Gasteiger partial charge in [0.1, 0.15) is 0 Å². The molecule has 0 aromatic carbocycles. The van der Waals surface area contributed by atoms with E-state index in [1.54, 1.807) is 0 Å².